The quantitative estimate of drug-likeness (QED) is 0.180. The van der Waals surface area contributed by atoms with Crippen LogP contribution in [-0.2, 0) is 17.9 Å². The summed E-state index contributed by atoms with van der Waals surface area (Å²) in [7, 11) is 1.55. The van der Waals surface area contributed by atoms with Crippen molar-refractivity contribution in [2.24, 2.45) is 5.10 Å². The summed E-state index contributed by atoms with van der Waals surface area (Å²) in [6.07, 6.45) is 0.532. The van der Waals surface area contributed by atoms with Gasteiger partial charge in [-0.2, -0.15) is 5.10 Å². The second-order valence-electron chi connectivity index (χ2n) is 10.2. The zero-order chi connectivity index (χ0) is 31.2. The number of hydrogen-bond donors (Lipinski definition) is 1. The van der Waals surface area contributed by atoms with E-state index in [9.17, 15) is 14.0 Å². The Morgan fingerprint density at radius 2 is 1.84 bits per heavy atom. The van der Waals surface area contributed by atoms with E-state index in [4.69, 9.17) is 9.84 Å². The molecule has 0 saturated carbocycles. The fourth-order valence-electron chi connectivity index (χ4n) is 4.98. The van der Waals surface area contributed by atoms with Gasteiger partial charge in [0.2, 0.25) is 0 Å². The minimum absolute atomic E-state index is 0.0575. The lowest BCUT2D eigenvalue weighted by molar-refractivity contribution is -0.130. The van der Waals surface area contributed by atoms with Crippen molar-refractivity contribution in [3.05, 3.63) is 130 Å². The SMILES string of the molecule is COc1cccc(C(=O)NCc2nnc(SCC(=O)N3N=C(c4cccs4)C[C@H]3c3ccc(F)cc3)n2Cc2ccccc2)c1. The van der Waals surface area contributed by atoms with Gasteiger partial charge in [-0.1, -0.05) is 66.4 Å². The number of carbonyl (C=O) groups is 2. The average Bonchev–Trinajstić information content (AvgIpc) is 3.84. The predicted octanol–water partition coefficient (Wildman–Crippen LogP) is 5.94. The highest BCUT2D eigenvalue weighted by atomic mass is 32.2. The third kappa shape index (κ3) is 7.13. The van der Waals surface area contributed by atoms with Gasteiger partial charge in [0.05, 0.1) is 42.6 Å². The monoisotopic (exact) mass is 640 g/mol. The maximum absolute atomic E-state index is 13.7. The van der Waals surface area contributed by atoms with E-state index in [0.717, 1.165) is 21.7 Å². The van der Waals surface area contributed by atoms with Gasteiger partial charge in [0.1, 0.15) is 11.6 Å². The minimum Gasteiger partial charge on any atom is -0.497 e. The molecule has 0 saturated heterocycles. The van der Waals surface area contributed by atoms with Gasteiger partial charge in [-0.05, 0) is 52.9 Å². The van der Waals surface area contributed by atoms with Gasteiger partial charge in [0.15, 0.2) is 11.0 Å². The molecular weight excluding hydrogens is 612 g/mol. The molecule has 6 rings (SSSR count). The van der Waals surface area contributed by atoms with Crippen molar-refractivity contribution in [1.82, 2.24) is 25.1 Å². The highest BCUT2D eigenvalue weighted by molar-refractivity contribution is 7.99. The van der Waals surface area contributed by atoms with E-state index in [1.165, 1.54) is 28.9 Å². The summed E-state index contributed by atoms with van der Waals surface area (Å²) in [6, 6.07) is 26.5. The van der Waals surface area contributed by atoms with Crippen LogP contribution in [0, 0.1) is 5.82 Å². The van der Waals surface area contributed by atoms with Crippen LogP contribution in [0.5, 0.6) is 5.75 Å². The standard InChI is InChI=1S/C33H29FN6O3S2/c1-43-26-10-5-9-24(17-26)32(42)35-19-30-36-37-33(39(30)20-22-7-3-2-4-8-22)45-21-31(41)40-28(23-12-14-25(34)15-13-23)18-27(38-40)29-11-6-16-44-29/h2-17,28H,18-21H2,1H3,(H,35,42)/t28-/m0/s1. The number of nitrogens with one attached hydrogen (secondary N) is 1. The van der Waals surface area contributed by atoms with Gasteiger partial charge >= 0.3 is 0 Å². The molecule has 3 aromatic carbocycles. The Kier molecular flexibility index (Phi) is 9.32. The van der Waals surface area contributed by atoms with E-state index >= 15 is 0 Å². The number of methoxy groups -OCH3 is 1. The molecule has 0 fully saturated rings. The molecule has 2 aromatic heterocycles. The van der Waals surface area contributed by atoms with Gasteiger partial charge < -0.3 is 14.6 Å². The molecule has 5 aromatic rings. The molecule has 0 radical (unpaired) electrons. The number of hydrazone groups is 1. The third-order valence-electron chi connectivity index (χ3n) is 7.27. The highest BCUT2D eigenvalue weighted by Crippen LogP contribution is 2.35. The van der Waals surface area contributed by atoms with Gasteiger partial charge in [-0.25, -0.2) is 9.40 Å². The zero-order valence-corrected chi connectivity index (χ0v) is 25.9. The van der Waals surface area contributed by atoms with Crippen molar-refractivity contribution in [1.29, 1.82) is 0 Å². The van der Waals surface area contributed by atoms with Crippen LogP contribution in [-0.4, -0.2) is 50.2 Å². The molecule has 45 heavy (non-hydrogen) atoms. The second kappa shape index (κ2) is 13.9. The Morgan fingerprint density at radius 3 is 2.60 bits per heavy atom. The summed E-state index contributed by atoms with van der Waals surface area (Å²) in [5.74, 6) is 0.383. The van der Waals surface area contributed by atoms with Gasteiger partial charge in [-0.15, -0.1) is 21.5 Å². The van der Waals surface area contributed by atoms with E-state index in [-0.39, 0.29) is 36.0 Å². The summed E-state index contributed by atoms with van der Waals surface area (Å²) in [5, 5.41) is 20.4. The topological polar surface area (TPSA) is 102 Å². The molecule has 3 heterocycles. The lowest BCUT2D eigenvalue weighted by Gasteiger charge is -2.22. The van der Waals surface area contributed by atoms with E-state index in [1.54, 1.807) is 54.8 Å². The number of hydrogen-bond acceptors (Lipinski definition) is 8. The van der Waals surface area contributed by atoms with E-state index < -0.39 is 0 Å². The molecule has 9 nitrogen and oxygen atoms in total. The maximum atomic E-state index is 13.7. The smallest absolute Gasteiger partial charge is 0.253 e. The van der Waals surface area contributed by atoms with Crippen molar-refractivity contribution < 1.29 is 18.7 Å². The van der Waals surface area contributed by atoms with Crippen LogP contribution in [0.3, 0.4) is 0 Å². The normalized spacial score (nSPS) is 14.3. The average molecular weight is 641 g/mol. The van der Waals surface area contributed by atoms with Crippen LogP contribution < -0.4 is 10.1 Å². The molecule has 1 N–H and O–H groups in total. The summed E-state index contributed by atoms with van der Waals surface area (Å²) in [4.78, 5) is 27.6. The number of halogens is 1. The molecule has 228 valence electrons. The summed E-state index contributed by atoms with van der Waals surface area (Å²) < 4.78 is 20.8. The van der Waals surface area contributed by atoms with Crippen LogP contribution in [0.1, 0.15) is 44.6 Å². The Morgan fingerprint density at radius 1 is 1.02 bits per heavy atom. The fourth-order valence-corrected chi connectivity index (χ4v) is 6.51. The summed E-state index contributed by atoms with van der Waals surface area (Å²) >= 11 is 2.82. The number of thiophene rings is 1. The number of rotatable bonds is 11. The number of ether oxygens (including phenoxy) is 1. The van der Waals surface area contributed by atoms with Gasteiger partial charge in [0.25, 0.3) is 11.8 Å². The number of carbonyl (C=O) groups excluding carboxylic acids is 2. The second-order valence-corrected chi connectivity index (χ2v) is 12.1. The third-order valence-corrected chi connectivity index (χ3v) is 9.14. The van der Waals surface area contributed by atoms with E-state index in [0.29, 0.717) is 35.3 Å². The molecule has 0 unspecified atom stereocenters. The number of aromatic nitrogens is 3. The minimum atomic E-state index is -0.347. The first-order valence-corrected chi connectivity index (χ1v) is 16.0. The molecule has 0 spiro atoms. The Labute approximate surface area is 267 Å². The lowest BCUT2D eigenvalue weighted by atomic mass is 10.0. The lowest BCUT2D eigenvalue weighted by Crippen LogP contribution is -2.28. The van der Waals surface area contributed by atoms with Crippen LogP contribution in [0.25, 0.3) is 0 Å². The van der Waals surface area contributed by atoms with Crippen molar-refractivity contribution in [2.45, 2.75) is 30.7 Å². The van der Waals surface area contributed by atoms with Crippen molar-refractivity contribution in [3.63, 3.8) is 0 Å². The Balaban J connectivity index is 1.20. The molecule has 1 atom stereocenters. The van der Waals surface area contributed by atoms with Crippen molar-refractivity contribution >= 4 is 40.6 Å². The number of benzene rings is 3. The van der Waals surface area contributed by atoms with Crippen LogP contribution in [0.4, 0.5) is 4.39 Å². The number of amides is 2. The van der Waals surface area contributed by atoms with Gasteiger partial charge in [-0.3, -0.25) is 9.59 Å². The number of thioether (sulfide) groups is 1. The van der Waals surface area contributed by atoms with Crippen molar-refractivity contribution in [3.8, 4) is 5.75 Å². The molecule has 1 aliphatic rings. The number of nitrogens with zero attached hydrogens (tertiary/aromatic N) is 5. The highest BCUT2D eigenvalue weighted by Gasteiger charge is 2.33. The first-order valence-electron chi connectivity index (χ1n) is 14.2. The van der Waals surface area contributed by atoms with E-state index in [1.807, 2.05) is 52.4 Å². The molecule has 12 heteroatoms. The summed E-state index contributed by atoms with van der Waals surface area (Å²) in [6.45, 7) is 0.592. The van der Waals surface area contributed by atoms with Crippen molar-refractivity contribution in [2.75, 3.05) is 12.9 Å². The first-order chi connectivity index (χ1) is 22.0. The van der Waals surface area contributed by atoms with Crippen LogP contribution in [0.15, 0.2) is 107 Å². The Bertz CT molecular complexity index is 1810. The van der Waals surface area contributed by atoms with E-state index in [2.05, 4.69) is 15.5 Å². The molecule has 2 amide bonds. The maximum Gasteiger partial charge on any atom is 0.253 e. The molecular formula is C33H29FN6O3S2. The predicted molar refractivity (Wildman–Crippen MR) is 172 cm³/mol. The summed E-state index contributed by atoms with van der Waals surface area (Å²) in [5.41, 5.74) is 3.12. The largest absolute Gasteiger partial charge is 0.497 e. The zero-order valence-electron chi connectivity index (χ0n) is 24.3. The first kappa shape index (κ1) is 30.2. The van der Waals surface area contributed by atoms with Crippen LogP contribution >= 0.6 is 23.1 Å². The molecule has 0 bridgehead atoms. The molecule has 0 aliphatic carbocycles. The van der Waals surface area contributed by atoms with Crippen LogP contribution in [0.2, 0.25) is 0 Å². The Hall–Kier alpha value is -4.81. The van der Waals surface area contributed by atoms with Gasteiger partial charge in [0, 0.05) is 12.0 Å². The molecule has 1 aliphatic heterocycles. The fraction of sp³-hybridized carbons (Fsp3) is 0.182.